The average Bonchev–Trinajstić information content (AvgIpc) is 2.59. The van der Waals surface area contributed by atoms with Crippen LogP contribution in [-0.4, -0.2) is 23.5 Å². The first-order valence-corrected chi connectivity index (χ1v) is 8.99. The molecule has 2 amide bonds. The number of anilines is 1. The topological polar surface area (TPSA) is 78.4 Å². The molecule has 0 radical (unpaired) electrons. The van der Waals surface area contributed by atoms with Crippen LogP contribution in [0.1, 0.15) is 35.3 Å². The zero-order valence-corrected chi connectivity index (χ0v) is 16.8. The number of aliphatic hydroxyl groups excluding tert-OH is 1. The van der Waals surface area contributed by atoms with Gasteiger partial charge in [0.15, 0.2) is 0 Å². The number of aliphatic hydroxyl groups is 1. The van der Waals surface area contributed by atoms with E-state index in [1.54, 1.807) is 0 Å². The lowest BCUT2D eigenvalue weighted by Crippen LogP contribution is -2.46. The maximum atomic E-state index is 13.2. The van der Waals surface area contributed by atoms with Gasteiger partial charge in [0.2, 0.25) is 5.91 Å². The molecule has 1 unspecified atom stereocenters. The highest BCUT2D eigenvalue weighted by atomic mass is 35.5. The number of carbonyl (C=O) groups excluding carboxylic acids is 2. The summed E-state index contributed by atoms with van der Waals surface area (Å²) in [6, 6.07) is 6.88. The van der Waals surface area contributed by atoms with Crippen molar-refractivity contribution in [1.29, 1.82) is 0 Å². The maximum Gasteiger partial charge on any atom is 0.416 e. The van der Waals surface area contributed by atoms with E-state index in [-0.39, 0.29) is 21.3 Å². The molecular weight excluding hydrogens is 432 g/mol. The van der Waals surface area contributed by atoms with E-state index in [0.717, 1.165) is 19.1 Å². The van der Waals surface area contributed by atoms with Crippen LogP contribution in [0.25, 0.3) is 0 Å². The van der Waals surface area contributed by atoms with Crippen LogP contribution >= 0.6 is 23.2 Å². The lowest BCUT2D eigenvalue weighted by atomic mass is 9.92. The molecule has 0 saturated carbocycles. The Morgan fingerprint density at radius 3 is 2.07 bits per heavy atom. The molecule has 156 valence electrons. The molecule has 0 fully saturated rings. The SMILES string of the molecule is CC(=O)Nc1cc(C(=O)NC(C)(CO)c2cc(Cl)cc(Cl)c2)cc(C(F)(F)F)c1. The van der Waals surface area contributed by atoms with Gasteiger partial charge in [-0.15, -0.1) is 0 Å². The monoisotopic (exact) mass is 448 g/mol. The first kappa shape index (κ1) is 23.0. The minimum atomic E-state index is -4.73. The third kappa shape index (κ3) is 5.85. The van der Waals surface area contributed by atoms with Crippen molar-refractivity contribution in [3.63, 3.8) is 0 Å². The second-order valence-electron chi connectivity index (χ2n) is 6.58. The largest absolute Gasteiger partial charge is 0.416 e. The van der Waals surface area contributed by atoms with Gasteiger partial charge >= 0.3 is 6.18 Å². The van der Waals surface area contributed by atoms with Crippen molar-refractivity contribution in [2.24, 2.45) is 0 Å². The molecule has 2 aromatic carbocycles. The highest BCUT2D eigenvalue weighted by Crippen LogP contribution is 2.33. The summed E-state index contributed by atoms with van der Waals surface area (Å²) in [5, 5.41) is 15.1. The van der Waals surface area contributed by atoms with E-state index >= 15 is 0 Å². The van der Waals surface area contributed by atoms with Crippen LogP contribution in [0, 0.1) is 0 Å². The van der Waals surface area contributed by atoms with Crippen LogP contribution in [0.2, 0.25) is 10.0 Å². The quantitative estimate of drug-likeness (QED) is 0.624. The van der Waals surface area contributed by atoms with E-state index in [9.17, 15) is 27.9 Å². The predicted octanol–water partition coefficient (Wildman–Crippen LogP) is 4.61. The van der Waals surface area contributed by atoms with Gasteiger partial charge in [0.25, 0.3) is 5.91 Å². The van der Waals surface area contributed by atoms with Gasteiger partial charge in [-0.05, 0) is 48.9 Å². The van der Waals surface area contributed by atoms with E-state index in [0.29, 0.717) is 11.6 Å². The van der Waals surface area contributed by atoms with Gasteiger partial charge in [-0.1, -0.05) is 23.2 Å². The van der Waals surface area contributed by atoms with Crippen molar-refractivity contribution in [3.05, 3.63) is 63.1 Å². The summed E-state index contributed by atoms with van der Waals surface area (Å²) in [7, 11) is 0. The Kier molecular flexibility index (Phi) is 6.82. The third-order valence-corrected chi connectivity index (χ3v) is 4.48. The molecule has 29 heavy (non-hydrogen) atoms. The fourth-order valence-electron chi connectivity index (χ4n) is 2.60. The van der Waals surface area contributed by atoms with Crippen LogP contribution in [0.3, 0.4) is 0 Å². The summed E-state index contributed by atoms with van der Waals surface area (Å²) in [5.41, 5.74) is -2.66. The molecule has 1 atom stereocenters. The van der Waals surface area contributed by atoms with Crippen molar-refractivity contribution in [3.8, 4) is 0 Å². The molecule has 0 aliphatic heterocycles. The number of carbonyl (C=O) groups is 2. The summed E-state index contributed by atoms with van der Waals surface area (Å²) in [6.07, 6.45) is -4.73. The molecule has 0 bridgehead atoms. The second kappa shape index (κ2) is 8.61. The molecular formula is C19H17Cl2F3N2O3. The predicted molar refractivity (Wildman–Crippen MR) is 104 cm³/mol. The third-order valence-electron chi connectivity index (χ3n) is 4.05. The summed E-state index contributed by atoms with van der Waals surface area (Å²) in [4.78, 5) is 23.9. The van der Waals surface area contributed by atoms with Crippen molar-refractivity contribution in [2.75, 3.05) is 11.9 Å². The van der Waals surface area contributed by atoms with Gasteiger partial charge in [0.1, 0.15) is 0 Å². The Morgan fingerprint density at radius 2 is 1.59 bits per heavy atom. The Balaban J connectivity index is 2.45. The molecule has 0 aromatic heterocycles. The van der Waals surface area contributed by atoms with Gasteiger partial charge in [0.05, 0.1) is 17.7 Å². The highest BCUT2D eigenvalue weighted by molar-refractivity contribution is 6.34. The summed E-state index contributed by atoms with van der Waals surface area (Å²) >= 11 is 11.9. The number of amides is 2. The zero-order chi connectivity index (χ0) is 22.0. The average molecular weight is 449 g/mol. The summed E-state index contributed by atoms with van der Waals surface area (Å²) < 4.78 is 39.6. The van der Waals surface area contributed by atoms with Crippen molar-refractivity contribution in [1.82, 2.24) is 5.32 Å². The molecule has 10 heteroatoms. The van der Waals surface area contributed by atoms with Crippen LogP contribution in [0.5, 0.6) is 0 Å². The Labute approximate surface area is 174 Å². The van der Waals surface area contributed by atoms with Crippen LogP contribution in [0.15, 0.2) is 36.4 Å². The normalized spacial score (nSPS) is 13.5. The lowest BCUT2D eigenvalue weighted by Gasteiger charge is -2.30. The standard InChI is InChI=1S/C19H17Cl2F3N2O3/c1-10(28)25-16-4-11(3-13(7-16)19(22,23)24)17(29)26-18(2,9-27)12-5-14(20)8-15(21)6-12/h3-8,27H,9H2,1-2H3,(H,25,28)(H,26,29). The molecule has 0 aliphatic carbocycles. The van der Waals surface area contributed by atoms with E-state index in [2.05, 4.69) is 10.6 Å². The number of halogens is 5. The fourth-order valence-corrected chi connectivity index (χ4v) is 3.12. The second-order valence-corrected chi connectivity index (χ2v) is 7.45. The molecule has 0 saturated heterocycles. The Hall–Kier alpha value is -2.29. The number of hydrogen-bond acceptors (Lipinski definition) is 3. The summed E-state index contributed by atoms with van der Waals surface area (Å²) in [5.74, 6) is -1.49. The Morgan fingerprint density at radius 1 is 1.00 bits per heavy atom. The van der Waals surface area contributed by atoms with Gasteiger partial charge in [0, 0.05) is 28.2 Å². The van der Waals surface area contributed by atoms with Crippen LogP contribution in [-0.2, 0) is 16.5 Å². The first-order valence-electron chi connectivity index (χ1n) is 8.24. The van der Waals surface area contributed by atoms with E-state index in [4.69, 9.17) is 23.2 Å². The summed E-state index contributed by atoms with van der Waals surface area (Å²) in [6.45, 7) is 2.02. The zero-order valence-electron chi connectivity index (χ0n) is 15.3. The number of nitrogens with one attached hydrogen (secondary N) is 2. The Bertz CT molecular complexity index is 931. The van der Waals surface area contributed by atoms with Crippen molar-refractivity contribution >= 4 is 40.7 Å². The molecule has 0 aliphatic rings. The number of rotatable bonds is 5. The molecule has 2 aromatic rings. The molecule has 0 spiro atoms. The van der Waals surface area contributed by atoms with E-state index < -0.39 is 35.7 Å². The maximum absolute atomic E-state index is 13.2. The molecule has 5 nitrogen and oxygen atoms in total. The number of benzene rings is 2. The van der Waals surface area contributed by atoms with E-state index in [1.807, 2.05) is 0 Å². The van der Waals surface area contributed by atoms with Gasteiger partial charge in [-0.3, -0.25) is 9.59 Å². The number of hydrogen-bond donors (Lipinski definition) is 3. The minimum absolute atomic E-state index is 0.186. The van der Waals surface area contributed by atoms with Crippen molar-refractivity contribution < 1.29 is 27.9 Å². The molecule has 0 heterocycles. The van der Waals surface area contributed by atoms with Crippen LogP contribution in [0.4, 0.5) is 18.9 Å². The van der Waals surface area contributed by atoms with Gasteiger partial charge in [-0.25, -0.2) is 0 Å². The van der Waals surface area contributed by atoms with Gasteiger partial charge in [-0.2, -0.15) is 13.2 Å². The minimum Gasteiger partial charge on any atom is -0.394 e. The van der Waals surface area contributed by atoms with Crippen LogP contribution < -0.4 is 10.6 Å². The smallest absolute Gasteiger partial charge is 0.394 e. The lowest BCUT2D eigenvalue weighted by molar-refractivity contribution is -0.137. The van der Waals surface area contributed by atoms with E-state index in [1.165, 1.54) is 25.1 Å². The first-order chi connectivity index (χ1) is 13.3. The number of alkyl halides is 3. The van der Waals surface area contributed by atoms with Crippen molar-refractivity contribution in [2.45, 2.75) is 25.6 Å². The van der Waals surface area contributed by atoms with Gasteiger partial charge < -0.3 is 15.7 Å². The molecule has 3 N–H and O–H groups in total. The highest BCUT2D eigenvalue weighted by Gasteiger charge is 2.33. The molecule has 2 rings (SSSR count). The fraction of sp³-hybridized carbons (Fsp3) is 0.263.